The van der Waals surface area contributed by atoms with Crippen LogP contribution >= 0.6 is 0 Å². The van der Waals surface area contributed by atoms with Crippen molar-refractivity contribution in [1.82, 2.24) is 5.32 Å². The Bertz CT molecular complexity index is 744. The summed E-state index contributed by atoms with van der Waals surface area (Å²) in [4.78, 5) is 12.2. The number of rotatable bonds is 7. The molecule has 0 atom stereocenters. The van der Waals surface area contributed by atoms with Gasteiger partial charge in [-0.2, -0.15) is 0 Å². The molecule has 6 nitrogen and oxygen atoms in total. The molecular formula is C18H22N4O2. The second-order valence-corrected chi connectivity index (χ2v) is 5.49. The number of anilines is 1. The van der Waals surface area contributed by atoms with Gasteiger partial charge in [0, 0.05) is 29.9 Å². The lowest BCUT2D eigenvalue weighted by atomic mass is 10.1. The number of nitrogens with two attached hydrogens (primary N) is 1. The van der Waals surface area contributed by atoms with Crippen molar-refractivity contribution < 1.29 is 9.90 Å². The summed E-state index contributed by atoms with van der Waals surface area (Å²) in [7, 11) is 0. The maximum absolute atomic E-state index is 12.2. The summed E-state index contributed by atoms with van der Waals surface area (Å²) in [5.41, 5.74) is 9.33. The Morgan fingerprint density at radius 1 is 1.21 bits per heavy atom. The predicted octanol–water partition coefficient (Wildman–Crippen LogP) is 1.61. The molecule has 0 saturated carbocycles. The minimum absolute atomic E-state index is 0.0145. The molecule has 0 bridgehead atoms. The van der Waals surface area contributed by atoms with E-state index in [0.717, 1.165) is 16.8 Å². The fourth-order valence-electron chi connectivity index (χ4n) is 2.32. The molecule has 6 heteroatoms. The van der Waals surface area contributed by atoms with E-state index in [1.165, 1.54) is 0 Å². The third kappa shape index (κ3) is 4.57. The van der Waals surface area contributed by atoms with Crippen molar-refractivity contribution >= 4 is 17.4 Å². The van der Waals surface area contributed by atoms with E-state index in [-0.39, 0.29) is 18.3 Å². The first-order valence-electron chi connectivity index (χ1n) is 7.68. The molecule has 0 fully saturated rings. The molecule has 0 aliphatic rings. The van der Waals surface area contributed by atoms with Gasteiger partial charge in [-0.25, -0.2) is 0 Å². The van der Waals surface area contributed by atoms with E-state index in [0.29, 0.717) is 24.2 Å². The average molecular weight is 326 g/mol. The quantitative estimate of drug-likeness (QED) is 0.393. The maximum atomic E-state index is 12.2. The summed E-state index contributed by atoms with van der Waals surface area (Å²) in [6, 6.07) is 12.7. The standard InChI is InChI=1S/C18H22N4O2/c1-12-3-2-4-14(9-12)18(24)22-11-15-6-5-13(17(19)20)10-16(15)21-7-8-23/h2-6,9-10,21,23H,7-8,11H2,1H3,(H3,19,20)(H,22,24). The Kier molecular flexibility index (Phi) is 5.92. The first-order valence-corrected chi connectivity index (χ1v) is 7.68. The van der Waals surface area contributed by atoms with Crippen LogP contribution in [0.2, 0.25) is 0 Å². The summed E-state index contributed by atoms with van der Waals surface area (Å²) >= 11 is 0. The van der Waals surface area contributed by atoms with Gasteiger partial charge in [0.05, 0.1) is 6.61 Å². The number of aliphatic hydroxyl groups excluding tert-OH is 1. The molecule has 0 aliphatic carbocycles. The zero-order valence-corrected chi connectivity index (χ0v) is 13.6. The van der Waals surface area contributed by atoms with Crippen LogP contribution in [0.4, 0.5) is 5.69 Å². The van der Waals surface area contributed by atoms with Crippen molar-refractivity contribution in [3.8, 4) is 0 Å². The van der Waals surface area contributed by atoms with Crippen LogP contribution in [0.5, 0.6) is 0 Å². The smallest absolute Gasteiger partial charge is 0.251 e. The van der Waals surface area contributed by atoms with E-state index in [4.69, 9.17) is 16.2 Å². The summed E-state index contributed by atoms with van der Waals surface area (Å²) < 4.78 is 0. The molecule has 126 valence electrons. The van der Waals surface area contributed by atoms with Crippen molar-refractivity contribution in [3.05, 3.63) is 64.7 Å². The number of nitrogens with one attached hydrogen (secondary N) is 3. The second kappa shape index (κ2) is 8.12. The maximum Gasteiger partial charge on any atom is 0.251 e. The molecule has 0 heterocycles. The summed E-state index contributed by atoms with van der Waals surface area (Å²) in [5.74, 6) is -0.181. The van der Waals surface area contributed by atoms with Crippen LogP contribution in [-0.2, 0) is 6.54 Å². The van der Waals surface area contributed by atoms with E-state index in [1.54, 1.807) is 18.2 Å². The van der Waals surface area contributed by atoms with Crippen molar-refractivity contribution in [2.75, 3.05) is 18.5 Å². The Balaban J connectivity index is 2.13. The van der Waals surface area contributed by atoms with Crippen molar-refractivity contribution in [1.29, 1.82) is 5.41 Å². The summed E-state index contributed by atoms with van der Waals surface area (Å²) in [5, 5.41) is 22.5. The van der Waals surface area contributed by atoms with Gasteiger partial charge in [-0.3, -0.25) is 10.2 Å². The van der Waals surface area contributed by atoms with E-state index >= 15 is 0 Å². The highest BCUT2D eigenvalue weighted by molar-refractivity contribution is 5.96. The zero-order valence-electron chi connectivity index (χ0n) is 13.6. The first kappa shape index (κ1) is 17.5. The van der Waals surface area contributed by atoms with Gasteiger partial charge in [-0.15, -0.1) is 0 Å². The molecule has 6 N–H and O–H groups in total. The van der Waals surface area contributed by atoms with Crippen LogP contribution in [0.25, 0.3) is 0 Å². The Morgan fingerprint density at radius 2 is 2.00 bits per heavy atom. The van der Waals surface area contributed by atoms with Gasteiger partial charge in [-0.1, -0.05) is 29.8 Å². The molecule has 0 unspecified atom stereocenters. The number of benzene rings is 2. The molecular weight excluding hydrogens is 304 g/mol. The van der Waals surface area contributed by atoms with E-state index < -0.39 is 0 Å². The van der Waals surface area contributed by atoms with E-state index in [2.05, 4.69) is 10.6 Å². The van der Waals surface area contributed by atoms with Crippen molar-refractivity contribution in [3.63, 3.8) is 0 Å². The molecule has 2 rings (SSSR count). The molecule has 0 aromatic heterocycles. The van der Waals surface area contributed by atoms with Crippen LogP contribution in [0.15, 0.2) is 42.5 Å². The van der Waals surface area contributed by atoms with Crippen LogP contribution < -0.4 is 16.4 Å². The zero-order chi connectivity index (χ0) is 17.5. The number of aliphatic hydroxyl groups is 1. The average Bonchev–Trinajstić information content (AvgIpc) is 2.58. The van der Waals surface area contributed by atoms with Gasteiger partial charge >= 0.3 is 0 Å². The highest BCUT2D eigenvalue weighted by atomic mass is 16.3. The minimum atomic E-state index is -0.151. The number of carbonyl (C=O) groups is 1. The number of hydrogen-bond acceptors (Lipinski definition) is 4. The molecule has 2 aromatic carbocycles. The lowest BCUT2D eigenvalue weighted by Crippen LogP contribution is -2.24. The molecule has 1 amide bonds. The lowest BCUT2D eigenvalue weighted by Gasteiger charge is -2.14. The third-order valence-corrected chi connectivity index (χ3v) is 3.57. The Labute approximate surface area is 141 Å². The van der Waals surface area contributed by atoms with Gasteiger partial charge in [0.1, 0.15) is 5.84 Å². The van der Waals surface area contributed by atoms with Gasteiger partial charge in [0.2, 0.25) is 0 Å². The molecule has 0 radical (unpaired) electrons. The minimum Gasteiger partial charge on any atom is -0.395 e. The van der Waals surface area contributed by atoms with Crippen molar-refractivity contribution in [2.45, 2.75) is 13.5 Å². The molecule has 24 heavy (non-hydrogen) atoms. The number of nitrogen functional groups attached to an aromatic ring is 1. The third-order valence-electron chi connectivity index (χ3n) is 3.57. The molecule has 0 saturated heterocycles. The lowest BCUT2D eigenvalue weighted by molar-refractivity contribution is 0.0951. The molecule has 2 aromatic rings. The number of amides is 1. The van der Waals surface area contributed by atoms with Gasteiger partial charge in [0.25, 0.3) is 5.91 Å². The van der Waals surface area contributed by atoms with Gasteiger partial charge in [-0.05, 0) is 30.7 Å². The monoisotopic (exact) mass is 326 g/mol. The largest absolute Gasteiger partial charge is 0.395 e. The molecule has 0 spiro atoms. The fraction of sp³-hybridized carbons (Fsp3) is 0.222. The van der Waals surface area contributed by atoms with Gasteiger partial charge < -0.3 is 21.5 Å². The highest BCUT2D eigenvalue weighted by Gasteiger charge is 2.09. The highest BCUT2D eigenvalue weighted by Crippen LogP contribution is 2.18. The number of carbonyl (C=O) groups excluding carboxylic acids is 1. The number of hydrogen-bond donors (Lipinski definition) is 5. The topological polar surface area (TPSA) is 111 Å². The summed E-state index contributed by atoms with van der Waals surface area (Å²) in [6.45, 7) is 2.63. The van der Waals surface area contributed by atoms with Crippen LogP contribution in [0.3, 0.4) is 0 Å². The number of amidine groups is 1. The summed E-state index contributed by atoms with van der Waals surface area (Å²) in [6.07, 6.45) is 0. The fourth-order valence-corrected chi connectivity index (χ4v) is 2.32. The first-order chi connectivity index (χ1) is 11.5. The van der Waals surface area contributed by atoms with E-state index in [1.807, 2.05) is 31.2 Å². The van der Waals surface area contributed by atoms with Crippen LogP contribution in [0.1, 0.15) is 27.0 Å². The normalized spacial score (nSPS) is 10.2. The molecule has 0 aliphatic heterocycles. The SMILES string of the molecule is Cc1cccc(C(=O)NCc2ccc(C(=N)N)cc2NCCO)c1. The van der Waals surface area contributed by atoms with E-state index in [9.17, 15) is 4.79 Å². The van der Waals surface area contributed by atoms with Gasteiger partial charge in [0.15, 0.2) is 0 Å². The number of aryl methyl sites for hydroxylation is 1. The van der Waals surface area contributed by atoms with Crippen molar-refractivity contribution in [2.24, 2.45) is 5.73 Å². The second-order valence-electron chi connectivity index (χ2n) is 5.49. The Hall–Kier alpha value is -2.86. The Morgan fingerprint density at radius 3 is 2.67 bits per heavy atom. The predicted molar refractivity (Wildman–Crippen MR) is 95.4 cm³/mol. The van der Waals surface area contributed by atoms with Crippen LogP contribution in [-0.4, -0.2) is 30.0 Å². The van der Waals surface area contributed by atoms with Crippen LogP contribution in [0, 0.1) is 12.3 Å².